The number of methoxy groups -OCH3 is 1. The van der Waals surface area contributed by atoms with Gasteiger partial charge in [0.1, 0.15) is 5.75 Å². The van der Waals surface area contributed by atoms with Crippen LogP contribution in [0.25, 0.3) is 0 Å². The molecule has 1 aliphatic carbocycles. The van der Waals surface area contributed by atoms with Gasteiger partial charge in [-0.1, -0.05) is 31.0 Å². The number of aliphatic carboxylic acids is 1. The fraction of sp³-hybridized carbons (Fsp3) is 0.444. The highest BCUT2D eigenvalue weighted by Crippen LogP contribution is 2.33. The summed E-state index contributed by atoms with van der Waals surface area (Å²) in [5, 5.41) is 22.5. The molecule has 138 valence electrons. The number of thioether (sulfide) groups is 1. The molecule has 0 atom stereocenters. The van der Waals surface area contributed by atoms with Crippen molar-refractivity contribution in [2.75, 3.05) is 12.9 Å². The van der Waals surface area contributed by atoms with Gasteiger partial charge >= 0.3 is 5.97 Å². The lowest BCUT2D eigenvalue weighted by atomic mass is 9.89. The van der Waals surface area contributed by atoms with E-state index in [-0.39, 0.29) is 5.75 Å². The minimum atomic E-state index is -0.886. The van der Waals surface area contributed by atoms with E-state index in [2.05, 4.69) is 15.3 Å². The van der Waals surface area contributed by atoms with E-state index in [1.165, 1.54) is 19.3 Å². The topological polar surface area (TPSA) is 89.6 Å². The molecule has 1 N–H and O–H groups in total. The summed E-state index contributed by atoms with van der Waals surface area (Å²) in [6.07, 6.45) is 7.48. The van der Waals surface area contributed by atoms with Gasteiger partial charge < -0.3 is 9.84 Å². The molecule has 1 aromatic carbocycles. The second-order valence-corrected chi connectivity index (χ2v) is 7.13. The van der Waals surface area contributed by atoms with Gasteiger partial charge in [0.25, 0.3) is 0 Å². The number of carboxylic acids is 1. The summed E-state index contributed by atoms with van der Waals surface area (Å²) < 4.78 is 6.87. The number of hydrogen-bond donors (Lipinski definition) is 1. The van der Waals surface area contributed by atoms with Crippen LogP contribution in [0, 0.1) is 0 Å². The quantitative estimate of drug-likeness (QED) is 0.590. The van der Waals surface area contributed by atoms with Crippen LogP contribution in [-0.4, -0.2) is 45.0 Å². The summed E-state index contributed by atoms with van der Waals surface area (Å²) in [6, 6.07) is 7.57. The molecule has 0 bridgehead atoms. The van der Waals surface area contributed by atoms with Gasteiger partial charge in [-0.15, -0.1) is 10.2 Å². The summed E-state index contributed by atoms with van der Waals surface area (Å²) in [5.41, 5.74) is 0.920. The van der Waals surface area contributed by atoms with Crippen LogP contribution in [0.1, 0.15) is 49.4 Å². The molecule has 8 heteroatoms. The molecule has 0 radical (unpaired) electrons. The predicted octanol–water partition coefficient (Wildman–Crippen LogP) is 3.39. The third-order valence-electron chi connectivity index (χ3n) is 4.37. The number of nitrogens with zero attached hydrogens (tertiary/aromatic N) is 4. The van der Waals surface area contributed by atoms with E-state index in [0.717, 1.165) is 41.7 Å². The maximum absolute atomic E-state index is 10.9. The lowest BCUT2D eigenvalue weighted by Crippen LogP contribution is -2.11. The fourth-order valence-corrected chi connectivity index (χ4v) is 3.65. The maximum atomic E-state index is 10.9. The van der Waals surface area contributed by atoms with Gasteiger partial charge in [0.15, 0.2) is 5.82 Å². The number of rotatable bonds is 7. The Bertz CT molecular complexity index is 767. The average molecular weight is 374 g/mol. The maximum Gasteiger partial charge on any atom is 0.313 e. The van der Waals surface area contributed by atoms with Crippen LogP contribution in [0.2, 0.25) is 0 Å². The minimum absolute atomic E-state index is 0.0686. The van der Waals surface area contributed by atoms with Crippen molar-refractivity contribution in [3.05, 3.63) is 35.7 Å². The average Bonchev–Trinajstić information content (AvgIpc) is 3.08. The van der Waals surface area contributed by atoms with E-state index in [9.17, 15) is 4.79 Å². The van der Waals surface area contributed by atoms with Crippen LogP contribution >= 0.6 is 11.8 Å². The zero-order chi connectivity index (χ0) is 18.4. The largest absolute Gasteiger partial charge is 0.497 e. The number of carbonyl (C=O) groups is 1. The highest BCUT2D eigenvalue weighted by atomic mass is 32.2. The Hall–Kier alpha value is -2.35. The third-order valence-corrected chi connectivity index (χ3v) is 5.27. The number of hydrogen-bond acceptors (Lipinski definition) is 6. The lowest BCUT2D eigenvalue weighted by molar-refractivity contribution is -0.133. The Kier molecular flexibility index (Phi) is 6.27. The summed E-state index contributed by atoms with van der Waals surface area (Å²) >= 11 is 1.14. The molecule has 1 aliphatic rings. The molecule has 1 heterocycles. The Labute approximate surface area is 156 Å². The van der Waals surface area contributed by atoms with Gasteiger partial charge in [-0.2, -0.15) is 9.78 Å². The zero-order valence-corrected chi connectivity index (χ0v) is 15.5. The van der Waals surface area contributed by atoms with E-state index in [1.807, 2.05) is 24.3 Å². The number of benzene rings is 1. The second-order valence-electron chi connectivity index (χ2n) is 6.19. The van der Waals surface area contributed by atoms with Crippen molar-refractivity contribution in [1.29, 1.82) is 0 Å². The van der Waals surface area contributed by atoms with Crippen LogP contribution in [0.5, 0.6) is 5.75 Å². The first kappa shape index (κ1) is 18.4. The molecule has 0 amide bonds. The van der Waals surface area contributed by atoms with Crippen LogP contribution in [0.3, 0.4) is 0 Å². The Balaban J connectivity index is 1.86. The summed E-state index contributed by atoms with van der Waals surface area (Å²) in [4.78, 5) is 10.9. The number of ether oxygens (including phenoxy) is 1. The first-order chi connectivity index (χ1) is 12.7. The summed E-state index contributed by atoms with van der Waals surface area (Å²) in [6.45, 7) is 0. The monoisotopic (exact) mass is 374 g/mol. The van der Waals surface area contributed by atoms with E-state index in [4.69, 9.17) is 9.84 Å². The molecule has 0 spiro atoms. The SMILES string of the molecule is COc1ccc(/C=N\n2c(SCC(=O)O)nnc2C2CCCCC2)cc1. The minimum Gasteiger partial charge on any atom is -0.497 e. The van der Waals surface area contributed by atoms with Crippen molar-refractivity contribution in [3.8, 4) is 5.75 Å². The Morgan fingerprint density at radius 2 is 2.04 bits per heavy atom. The van der Waals surface area contributed by atoms with E-state index in [1.54, 1.807) is 18.0 Å². The van der Waals surface area contributed by atoms with Crippen molar-refractivity contribution in [2.45, 2.75) is 43.2 Å². The van der Waals surface area contributed by atoms with E-state index < -0.39 is 5.97 Å². The van der Waals surface area contributed by atoms with Crippen molar-refractivity contribution in [1.82, 2.24) is 14.9 Å². The zero-order valence-electron chi connectivity index (χ0n) is 14.7. The van der Waals surface area contributed by atoms with Crippen molar-refractivity contribution in [3.63, 3.8) is 0 Å². The van der Waals surface area contributed by atoms with Crippen molar-refractivity contribution >= 4 is 23.9 Å². The van der Waals surface area contributed by atoms with Gasteiger partial charge in [0.05, 0.1) is 19.1 Å². The Morgan fingerprint density at radius 1 is 1.31 bits per heavy atom. The lowest BCUT2D eigenvalue weighted by Gasteiger charge is -2.20. The molecular weight excluding hydrogens is 352 g/mol. The first-order valence-corrected chi connectivity index (χ1v) is 9.64. The normalized spacial score (nSPS) is 15.4. The molecule has 3 rings (SSSR count). The fourth-order valence-electron chi connectivity index (χ4n) is 3.03. The van der Waals surface area contributed by atoms with Crippen LogP contribution < -0.4 is 4.74 Å². The molecule has 1 saturated carbocycles. The number of carboxylic acid groups (broad SMARTS) is 1. The van der Waals surface area contributed by atoms with Crippen molar-refractivity contribution < 1.29 is 14.6 Å². The van der Waals surface area contributed by atoms with E-state index in [0.29, 0.717) is 11.1 Å². The molecular formula is C18H22N4O3S. The van der Waals surface area contributed by atoms with Crippen molar-refractivity contribution in [2.24, 2.45) is 5.10 Å². The van der Waals surface area contributed by atoms with Crippen LogP contribution in [0.15, 0.2) is 34.5 Å². The third kappa shape index (κ3) is 4.63. The van der Waals surface area contributed by atoms with Gasteiger partial charge in [0, 0.05) is 5.92 Å². The molecule has 26 heavy (non-hydrogen) atoms. The summed E-state index contributed by atoms with van der Waals surface area (Å²) in [5.74, 6) is 0.974. The second kappa shape index (κ2) is 8.84. The summed E-state index contributed by atoms with van der Waals surface area (Å²) in [7, 11) is 1.63. The molecule has 0 unspecified atom stereocenters. The number of aromatic nitrogens is 3. The molecule has 2 aromatic rings. The smallest absolute Gasteiger partial charge is 0.313 e. The molecule has 1 aromatic heterocycles. The van der Waals surface area contributed by atoms with Crippen LogP contribution in [-0.2, 0) is 4.79 Å². The van der Waals surface area contributed by atoms with Gasteiger partial charge in [-0.05, 0) is 42.7 Å². The van der Waals surface area contributed by atoms with Crippen LogP contribution in [0.4, 0.5) is 0 Å². The molecule has 0 saturated heterocycles. The predicted molar refractivity (Wildman–Crippen MR) is 100 cm³/mol. The molecule has 7 nitrogen and oxygen atoms in total. The first-order valence-electron chi connectivity index (χ1n) is 8.65. The van der Waals surface area contributed by atoms with E-state index >= 15 is 0 Å². The Morgan fingerprint density at radius 3 is 2.69 bits per heavy atom. The van der Waals surface area contributed by atoms with Gasteiger partial charge in [-0.3, -0.25) is 4.79 Å². The van der Waals surface area contributed by atoms with Gasteiger partial charge in [0.2, 0.25) is 5.16 Å². The van der Waals surface area contributed by atoms with Gasteiger partial charge in [-0.25, -0.2) is 0 Å². The molecule has 0 aliphatic heterocycles. The molecule has 1 fully saturated rings. The highest BCUT2D eigenvalue weighted by molar-refractivity contribution is 7.99. The standard InChI is InChI=1S/C18H22N4O3S/c1-25-15-9-7-13(8-10-15)11-19-22-17(14-5-3-2-4-6-14)20-21-18(22)26-12-16(23)24/h7-11,14H,2-6,12H2,1H3,(H,23,24)/b19-11-. The highest BCUT2D eigenvalue weighted by Gasteiger charge is 2.23.